The minimum atomic E-state index is -3.68. The van der Waals surface area contributed by atoms with Crippen LogP contribution in [0.1, 0.15) is 26.7 Å². The lowest BCUT2D eigenvalue weighted by Crippen LogP contribution is -2.40. The van der Waals surface area contributed by atoms with Gasteiger partial charge in [0.15, 0.2) is 0 Å². The lowest BCUT2D eigenvalue weighted by molar-refractivity contribution is 0.367. The molecule has 1 fully saturated rings. The Labute approximate surface area is 126 Å². The zero-order valence-electron chi connectivity index (χ0n) is 12.6. The van der Waals surface area contributed by atoms with Crippen LogP contribution in [-0.2, 0) is 10.0 Å². The summed E-state index contributed by atoms with van der Waals surface area (Å²) in [6, 6.07) is 3.57. The minimum Gasteiger partial charge on any atom is -0.354 e. The number of hydrogen-bond donors (Lipinski definition) is 2. The lowest BCUT2D eigenvalue weighted by Gasteiger charge is -2.33. The van der Waals surface area contributed by atoms with E-state index in [1.165, 1.54) is 25.1 Å². The highest BCUT2D eigenvalue weighted by molar-refractivity contribution is 7.89. The van der Waals surface area contributed by atoms with Crippen LogP contribution in [0.5, 0.6) is 0 Å². The first-order chi connectivity index (χ1) is 9.88. The molecule has 0 bridgehead atoms. The predicted octanol–water partition coefficient (Wildman–Crippen LogP) is 0.943. The molecule has 3 N–H and O–H groups in total. The molecule has 0 amide bonds. The first-order valence-corrected chi connectivity index (χ1v) is 8.89. The summed E-state index contributed by atoms with van der Waals surface area (Å²) < 4.78 is 22.6. The molecule has 0 aliphatic carbocycles. The maximum Gasteiger partial charge on any atom is 0.239 e. The number of nitrogens with two attached hydrogens (primary N) is 1. The van der Waals surface area contributed by atoms with E-state index in [0.717, 1.165) is 25.5 Å². The molecule has 1 aromatic heterocycles. The van der Waals surface area contributed by atoms with Crippen LogP contribution in [0.2, 0.25) is 0 Å². The molecule has 0 unspecified atom stereocenters. The maximum absolute atomic E-state index is 11.3. The molecule has 118 valence electrons. The van der Waals surface area contributed by atoms with Gasteiger partial charge in [-0.1, -0.05) is 0 Å². The van der Waals surface area contributed by atoms with Crippen LogP contribution >= 0.6 is 0 Å². The molecule has 2 heterocycles. The third-order valence-electron chi connectivity index (χ3n) is 3.88. The second kappa shape index (κ2) is 6.72. The van der Waals surface area contributed by atoms with E-state index in [2.05, 4.69) is 29.0 Å². The summed E-state index contributed by atoms with van der Waals surface area (Å²) in [4.78, 5) is 6.56. The first-order valence-electron chi connectivity index (χ1n) is 7.34. The van der Waals surface area contributed by atoms with Crippen LogP contribution in [0, 0.1) is 5.92 Å². The Morgan fingerprint density at radius 3 is 2.52 bits per heavy atom. The minimum absolute atomic E-state index is 0.0526. The Hall–Kier alpha value is -1.18. The number of sulfonamides is 1. The molecule has 6 nitrogen and oxygen atoms in total. The average molecular weight is 312 g/mol. The van der Waals surface area contributed by atoms with Gasteiger partial charge in [0.1, 0.15) is 10.7 Å². The number of hydrogen-bond acceptors (Lipinski definition) is 5. The number of anilines is 1. The molecule has 2 rings (SSSR count). The summed E-state index contributed by atoms with van der Waals surface area (Å²) in [5.41, 5.74) is 0. The van der Waals surface area contributed by atoms with Gasteiger partial charge in [-0.25, -0.2) is 18.5 Å². The van der Waals surface area contributed by atoms with Crippen LogP contribution in [-0.4, -0.2) is 39.1 Å². The van der Waals surface area contributed by atoms with Crippen molar-refractivity contribution in [2.24, 2.45) is 11.1 Å². The molecule has 0 aromatic carbocycles. The number of pyridine rings is 1. The molecule has 0 atom stereocenters. The molecule has 1 aliphatic rings. The van der Waals surface area contributed by atoms with Crippen molar-refractivity contribution in [1.29, 1.82) is 0 Å². The molecule has 1 aromatic rings. The zero-order valence-corrected chi connectivity index (χ0v) is 13.4. The molecular formula is C14H24N4O2S. The largest absolute Gasteiger partial charge is 0.354 e. The number of aromatic nitrogens is 1. The SMILES string of the molecule is CC(C)N(CC1CCNCC1)c1ccc(S(N)(=O)=O)cn1. The highest BCUT2D eigenvalue weighted by Gasteiger charge is 2.20. The van der Waals surface area contributed by atoms with Crippen molar-refractivity contribution in [2.75, 3.05) is 24.5 Å². The number of rotatable bonds is 5. The average Bonchev–Trinajstić information content (AvgIpc) is 2.45. The fourth-order valence-electron chi connectivity index (χ4n) is 2.62. The Morgan fingerprint density at radius 2 is 2.05 bits per heavy atom. The van der Waals surface area contributed by atoms with Gasteiger partial charge in [-0.05, 0) is 57.8 Å². The maximum atomic E-state index is 11.3. The highest BCUT2D eigenvalue weighted by atomic mass is 32.2. The van der Waals surface area contributed by atoms with Crippen LogP contribution < -0.4 is 15.4 Å². The molecule has 7 heteroatoms. The predicted molar refractivity (Wildman–Crippen MR) is 83.7 cm³/mol. The standard InChI is InChI=1S/C14H24N4O2S/c1-11(2)18(10-12-5-7-16-8-6-12)14-4-3-13(9-17-14)21(15,19)20/h3-4,9,11-12,16H,5-8,10H2,1-2H3,(H2,15,19,20). The summed E-state index contributed by atoms with van der Waals surface area (Å²) in [5, 5.41) is 8.47. The van der Waals surface area contributed by atoms with Crippen molar-refractivity contribution >= 4 is 15.8 Å². The third kappa shape index (κ3) is 4.39. The summed E-state index contributed by atoms with van der Waals surface area (Å²) in [7, 11) is -3.68. The molecule has 0 radical (unpaired) electrons. The fourth-order valence-corrected chi connectivity index (χ4v) is 3.08. The van der Waals surface area contributed by atoms with E-state index >= 15 is 0 Å². The summed E-state index contributed by atoms with van der Waals surface area (Å²) in [6.45, 7) is 7.32. The van der Waals surface area contributed by atoms with E-state index in [1.54, 1.807) is 6.07 Å². The number of nitrogens with zero attached hydrogens (tertiary/aromatic N) is 2. The lowest BCUT2D eigenvalue weighted by atomic mass is 9.97. The van der Waals surface area contributed by atoms with Gasteiger partial charge in [-0.2, -0.15) is 0 Å². The van der Waals surface area contributed by atoms with Gasteiger partial charge in [0, 0.05) is 18.8 Å². The molecule has 21 heavy (non-hydrogen) atoms. The van der Waals surface area contributed by atoms with Gasteiger partial charge in [-0.3, -0.25) is 0 Å². The van der Waals surface area contributed by atoms with Gasteiger partial charge in [0.2, 0.25) is 10.0 Å². The van der Waals surface area contributed by atoms with E-state index in [-0.39, 0.29) is 4.90 Å². The van der Waals surface area contributed by atoms with Gasteiger partial charge in [0.25, 0.3) is 0 Å². The van der Waals surface area contributed by atoms with E-state index in [9.17, 15) is 8.42 Å². The van der Waals surface area contributed by atoms with Gasteiger partial charge >= 0.3 is 0 Å². The zero-order chi connectivity index (χ0) is 15.5. The Balaban J connectivity index is 2.14. The van der Waals surface area contributed by atoms with Gasteiger partial charge in [0.05, 0.1) is 0 Å². The van der Waals surface area contributed by atoms with Gasteiger partial charge in [-0.15, -0.1) is 0 Å². The summed E-state index contributed by atoms with van der Waals surface area (Å²) in [5.74, 6) is 1.45. The van der Waals surface area contributed by atoms with E-state index < -0.39 is 10.0 Å². The topological polar surface area (TPSA) is 88.3 Å². The van der Waals surface area contributed by atoms with Crippen LogP contribution in [0.25, 0.3) is 0 Å². The first kappa shape index (κ1) is 16.2. The van der Waals surface area contributed by atoms with E-state index in [4.69, 9.17) is 5.14 Å². The molecule has 1 aliphatic heterocycles. The smallest absolute Gasteiger partial charge is 0.239 e. The molecule has 0 saturated carbocycles. The number of piperidine rings is 1. The van der Waals surface area contributed by atoms with Crippen molar-refractivity contribution in [2.45, 2.75) is 37.6 Å². The normalized spacial score (nSPS) is 17.1. The van der Waals surface area contributed by atoms with Crippen LogP contribution in [0.3, 0.4) is 0 Å². The van der Waals surface area contributed by atoms with Crippen molar-refractivity contribution in [3.8, 4) is 0 Å². The molecule has 0 spiro atoms. The van der Waals surface area contributed by atoms with Crippen molar-refractivity contribution in [3.63, 3.8) is 0 Å². The summed E-state index contributed by atoms with van der Waals surface area (Å²) >= 11 is 0. The monoisotopic (exact) mass is 312 g/mol. The van der Waals surface area contributed by atoms with E-state index in [0.29, 0.717) is 12.0 Å². The number of primary sulfonamides is 1. The highest BCUT2D eigenvalue weighted by Crippen LogP contribution is 2.21. The van der Waals surface area contributed by atoms with Crippen LogP contribution in [0.4, 0.5) is 5.82 Å². The molecule has 1 saturated heterocycles. The summed E-state index contributed by atoms with van der Waals surface area (Å²) in [6.07, 6.45) is 3.67. The Morgan fingerprint density at radius 1 is 1.38 bits per heavy atom. The third-order valence-corrected chi connectivity index (χ3v) is 4.78. The van der Waals surface area contributed by atoms with Crippen molar-refractivity contribution in [3.05, 3.63) is 18.3 Å². The van der Waals surface area contributed by atoms with Crippen molar-refractivity contribution in [1.82, 2.24) is 10.3 Å². The quantitative estimate of drug-likeness (QED) is 0.845. The van der Waals surface area contributed by atoms with Gasteiger partial charge < -0.3 is 10.2 Å². The second-order valence-corrected chi connectivity index (χ2v) is 7.40. The molecular weight excluding hydrogens is 288 g/mol. The Kier molecular flexibility index (Phi) is 5.18. The van der Waals surface area contributed by atoms with E-state index in [1.807, 2.05) is 0 Å². The van der Waals surface area contributed by atoms with Crippen LogP contribution in [0.15, 0.2) is 23.2 Å². The fraction of sp³-hybridized carbons (Fsp3) is 0.643. The number of nitrogens with one attached hydrogen (secondary N) is 1. The Bertz CT molecular complexity index is 551. The van der Waals surface area contributed by atoms with Crippen molar-refractivity contribution < 1.29 is 8.42 Å². The second-order valence-electron chi connectivity index (χ2n) is 5.84.